The second kappa shape index (κ2) is 10.8. The Balaban J connectivity index is 1.37. The number of para-hydroxylation sites is 1. The van der Waals surface area contributed by atoms with Crippen molar-refractivity contribution in [3.05, 3.63) is 72.0 Å². The highest BCUT2D eigenvalue weighted by Gasteiger charge is 2.22. The number of amides is 2. The third kappa shape index (κ3) is 6.60. The lowest BCUT2D eigenvalue weighted by Crippen LogP contribution is -2.40. The minimum atomic E-state index is -1.13. The van der Waals surface area contributed by atoms with Crippen LogP contribution in [-0.4, -0.2) is 35.7 Å². The van der Waals surface area contributed by atoms with Crippen LogP contribution in [0.3, 0.4) is 0 Å². The molecule has 0 saturated heterocycles. The lowest BCUT2D eigenvalue weighted by atomic mass is 10.1. The van der Waals surface area contributed by atoms with E-state index < -0.39 is 24.0 Å². The number of carboxylic acids is 1. The Hall–Kier alpha value is -3.81. The highest BCUT2D eigenvalue weighted by Crippen LogP contribution is 2.19. The standard InChI is InChI=1S/C23H24N2O6/c26-21(20-14-17-10-4-5-12-19(17)31-20)25-18(22(27)28)11-6-7-13-24-23(29)30-15-16-8-2-1-3-9-16/h1-5,8-10,12,14,18H,6-7,11,13,15H2,(H,24,29)(H,25,26)(H,27,28)/t18-/m0/s1. The van der Waals surface area contributed by atoms with E-state index in [9.17, 15) is 19.5 Å². The van der Waals surface area contributed by atoms with Crippen molar-refractivity contribution in [3.63, 3.8) is 0 Å². The van der Waals surface area contributed by atoms with Crippen LogP contribution in [0, 0.1) is 0 Å². The van der Waals surface area contributed by atoms with Gasteiger partial charge in [0.2, 0.25) is 0 Å². The summed E-state index contributed by atoms with van der Waals surface area (Å²) in [6, 6.07) is 17.0. The number of hydrogen-bond acceptors (Lipinski definition) is 5. The number of alkyl carbamates (subject to hydrolysis) is 1. The predicted octanol–water partition coefficient (Wildman–Crippen LogP) is 3.71. The molecule has 31 heavy (non-hydrogen) atoms. The van der Waals surface area contributed by atoms with Crippen LogP contribution in [0.1, 0.15) is 35.4 Å². The number of carbonyl (C=O) groups excluding carboxylic acids is 2. The van der Waals surface area contributed by atoms with Crippen molar-refractivity contribution >= 4 is 28.9 Å². The quantitative estimate of drug-likeness (QED) is 0.427. The van der Waals surface area contributed by atoms with Gasteiger partial charge in [-0.2, -0.15) is 0 Å². The second-order valence-corrected chi connectivity index (χ2v) is 7.00. The lowest BCUT2D eigenvalue weighted by Gasteiger charge is -2.13. The van der Waals surface area contributed by atoms with Crippen LogP contribution in [0.2, 0.25) is 0 Å². The minimum Gasteiger partial charge on any atom is -0.480 e. The van der Waals surface area contributed by atoms with Crippen LogP contribution in [0.4, 0.5) is 4.79 Å². The maximum absolute atomic E-state index is 12.4. The van der Waals surface area contributed by atoms with E-state index in [1.54, 1.807) is 18.2 Å². The Bertz CT molecular complexity index is 998. The summed E-state index contributed by atoms with van der Waals surface area (Å²) >= 11 is 0. The fraction of sp³-hybridized carbons (Fsp3) is 0.261. The second-order valence-electron chi connectivity index (χ2n) is 7.00. The maximum Gasteiger partial charge on any atom is 0.407 e. The molecule has 0 aliphatic carbocycles. The summed E-state index contributed by atoms with van der Waals surface area (Å²) in [7, 11) is 0. The summed E-state index contributed by atoms with van der Waals surface area (Å²) in [6.45, 7) is 0.527. The van der Waals surface area contributed by atoms with Gasteiger partial charge < -0.3 is 24.9 Å². The van der Waals surface area contributed by atoms with Crippen molar-refractivity contribution in [3.8, 4) is 0 Å². The number of benzene rings is 2. The molecule has 0 radical (unpaired) electrons. The summed E-state index contributed by atoms with van der Waals surface area (Å²) in [5.41, 5.74) is 1.45. The summed E-state index contributed by atoms with van der Waals surface area (Å²) < 4.78 is 10.6. The maximum atomic E-state index is 12.4. The molecule has 3 rings (SSSR count). The summed E-state index contributed by atoms with van der Waals surface area (Å²) in [5.74, 6) is -1.64. The Labute approximate surface area is 179 Å². The molecule has 3 N–H and O–H groups in total. The van der Waals surface area contributed by atoms with Gasteiger partial charge in [-0.3, -0.25) is 4.79 Å². The highest BCUT2D eigenvalue weighted by atomic mass is 16.5. The van der Waals surface area contributed by atoms with Gasteiger partial charge in [0.25, 0.3) is 5.91 Å². The molecule has 1 aromatic heterocycles. The van der Waals surface area contributed by atoms with Gasteiger partial charge in [-0.25, -0.2) is 9.59 Å². The number of carbonyl (C=O) groups is 3. The van der Waals surface area contributed by atoms with Gasteiger partial charge in [0.1, 0.15) is 18.2 Å². The third-order valence-electron chi connectivity index (χ3n) is 4.65. The van der Waals surface area contributed by atoms with Crippen LogP contribution in [0.15, 0.2) is 65.1 Å². The lowest BCUT2D eigenvalue weighted by molar-refractivity contribution is -0.139. The van der Waals surface area contributed by atoms with Gasteiger partial charge >= 0.3 is 12.1 Å². The molecule has 0 saturated carbocycles. The van der Waals surface area contributed by atoms with Crippen molar-refractivity contribution in [2.75, 3.05) is 6.54 Å². The first-order chi connectivity index (χ1) is 15.0. The molecule has 0 bridgehead atoms. The number of aliphatic carboxylic acids is 1. The summed E-state index contributed by atoms with van der Waals surface area (Å²) in [6.07, 6.45) is 0.736. The smallest absolute Gasteiger partial charge is 0.407 e. The molecule has 2 aromatic carbocycles. The van der Waals surface area contributed by atoms with Crippen molar-refractivity contribution in [2.45, 2.75) is 31.9 Å². The van der Waals surface area contributed by atoms with Crippen LogP contribution in [-0.2, 0) is 16.1 Å². The molecule has 0 fully saturated rings. The normalized spacial score (nSPS) is 11.6. The zero-order chi connectivity index (χ0) is 22.1. The Kier molecular flexibility index (Phi) is 7.64. The fourth-order valence-corrected chi connectivity index (χ4v) is 3.02. The molecule has 2 amide bonds. The molecule has 0 spiro atoms. The van der Waals surface area contributed by atoms with Gasteiger partial charge in [-0.1, -0.05) is 48.5 Å². The van der Waals surface area contributed by atoms with Gasteiger partial charge in [-0.05, 0) is 37.0 Å². The number of ether oxygens (including phenoxy) is 1. The van der Waals surface area contributed by atoms with E-state index in [0.29, 0.717) is 25.0 Å². The molecular weight excluding hydrogens is 400 g/mol. The Morgan fingerprint density at radius 3 is 2.48 bits per heavy atom. The van der Waals surface area contributed by atoms with Crippen LogP contribution in [0.5, 0.6) is 0 Å². The van der Waals surface area contributed by atoms with Gasteiger partial charge in [-0.15, -0.1) is 0 Å². The van der Waals surface area contributed by atoms with Crippen molar-refractivity contribution in [1.82, 2.24) is 10.6 Å². The molecule has 162 valence electrons. The van der Waals surface area contributed by atoms with E-state index >= 15 is 0 Å². The summed E-state index contributed by atoms with van der Waals surface area (Å²) in [4.78, 5) is 35.6. The SMILES string of the molecule is O=C(NCCCC[C@H](NC(=O)c1cc2ccccc2o1)C(=O)O)OCc1ccccc1. The minimum absolute atomic E-state index is 0.0651. The molecular formula is C23H24N2O6. The number of furan rings is 1. The topological polar surface area (TPSA) is 118 Å². The van der Waals surface area contributed by atoms with E-state index in [-0.39, 0.29) is 18.8 Å². The van der Waals surface area contributed by atoms with E-state index in [2.05, 4.69) is 10.6 Å². The molecule has 1 atom stereocenters. The number of fused-ring (bicyclic) bond motifs is 1. The molecule has 3 aromatic rings. The van der Waals surface area contributed by atoms with Gasteiger partial charge in [0.15, 0.2) is 5.76 Å². The van der Waals surface area contributed by atoms with Gasteiger partial charge in [0.05, 0.1) is 0 Å². The van der Waals surface area contributed by atoms with E-state index in [0.717, 1.165) is 10.9 Å². The number of rotatable bonds is 10. The fourth-order valence-electron chi connectivity index (χ4n) is 3.02. The number of carboxylic acid groups (broad SMARTS) is 1. The van der Waals surface area contributed by atoms with Crippen LogP contribution in [0.25, 0.3) is 11.0 Å². The zero-order valence-electron chi connectivity index (χ0n) is 16.9. The van der Waals surface area contributed by atoms with Gasteiger partial charge in [0, 0.05) is 11.9 Å². The zero-order valence-corrected chi connectivity index (χ0v) is 16.9. The van der Waals surface area contributed by atoms with E-state index in [1.165, 1.54) is 0 Å². The average molecular weight is 424 g/mol. The first kappa shape index (κ1) is 21.9. The number of nitrogens with one attached hydrogen (secondary N) is 2. The number of unbranched alkanes of at least 4 members (excludes halogenated alkanes) is 1. The first-order valence-corrected chi connectivity index (χ1v) is 10.00. The Morgan fingerprint density at radius 2 is 1.74 bits per heavy atom. The average Bonchev–Trinajstić information content (AvgIpc) is 3.21. The van der Waals surface area contributed by atoms with Crippen molar-refractivity contribution in [2.24, 2.45) is 0 Å². The highest BCUT2D eigenvalue weighted by molar-refractivity contribution is 5.97. The number of hydrogen-bond donors (Lipinski definition) is 3. The summed E-state index contributed by atoms with van der Waals surface area (Å²) in [5, 5.41) is 15.3. The predicted molar refractivity (Wildman–Crippen MR) is 114 cm³/mol. The third-order valence-corrected chi connectivity index (χ3v) is 4.65. The molecule has 1 heterocycles. The van der Waals surface area contributed by atoms with E-state index in [1.807, 2.05) is 42.5 Å². The van der Waals surface area contributed by atoms with Crippen molar-refractivity contribution < 1.29 is 28.6 Å². The molecule has 0 unspecified atom stereocenters. The van der Waals surface area contributed by atoms with Crippen molar-refractivity contribution in [1.29, 1.82) is 0 Å². The van der Waals surface area contributed by atoms with Crippen LogP contribution < -0.4 is 10.6 Å². The van der Waals surface area contributed by atoms with E-state index in [4.69, 9.17) is 9.15 Å². The molecule has 0 aliphatic rings. The van der Waals surface area contributed by atoms with Crippen LogP contribution >= 0.6 is 0 Å². The first-order valence-electron chi connectivity index (χ1n) is 10.00. The molecule has 8 heteroatoms. The molecule has 8 nitrogen and oxygen atoms in total. The monoisotopic (exact) mass is 424 g/mol. The molecule has 0 aliphatic heterocycles. The Morgan fingerprint density at radius 1 is 1.00 bits per heavy atom. The largest absolute Gasteiger partial charge is 0.480 e.